The highest BCUT2D eigenvalue weighted by atomic mass is 16.3. The van der Waals surface area contributed by atoms with Crippen LogP contribution in [0.2, 0.25) is 0 Å². The lowest BCUT2D eigenvalue weighted by Gasteiger charge is -2.18. The highest BCUT2D eigenvalue weighted by Crippen LogP contribution is 2.24. The number of aliphatic hydroxyl groups excluding tert-OH is 1. The molecule has 0 aromatic heterocycles. The molecule has 1 aliphatic rings. The molecule has 1 rings (SSSR count). The third kappa shape index (κ3) is 1.97. The number of ketones is 2. The molecule has 1 aliphatic carbocycles. The third-order valence-electron chi connectivity index (χ3n) is 2.25. The van der Waals surface area contributed by atoms with E-state index in [1.54, 1.807) is 6.92 Å². The Balaban J connectivity index is 2.98. The molecule has 0 amide bonds. The van der Waals surface area contributed by atoms with E-state index in [0.717, 1.165) is 0 Å². The van der Waals surface area contributed by atoms with Crippen molar-refractivity contribution in [3.63, 3.8) is 0 Å². The Bertz CT molecular complexity index is 256. The van der Waals surface area contributed by atoms with Gasteiger partial charge in [0.05, 0.1) is 5.57 Å². The van der Waals surface area contributed by atoms with Gasteiger partial charge in [-0.2, -0.15) is 0 Å². The lowest BCUT2D eigenvalue weighted by molar-refractivity contribution is -0.125. The number of carbonyl (C=O) groups excluding carboxylic acids is 2. The predicted molar refractivity (Wildman–Crippen MR) is 48.4 cm³/mol. The van der Waals surface area contributed by atoms with E-state index >= 15 is 0 Å². The monoisotopic (exact) mass is 182 g/mol. The molecular weight excluding hydrogens is 168 g/mol. The van der Waals surface area contributed by atoms with Crippen molar-refractivity contribution in [1.82, 2.24) is 0 Å². The van der Waals surface area contributed by atoms with Gasteiger partial charge in [-0.15, -0.1) is 0 Å². The summed E-state index contributed by atoms with van der Waals surface area (Å²) >= 11 is 0. The Morgan fingerprint density at radius 2 is 1.85 bits per heavy atom. The number of hydrogen-bond donors (Lipinski definition) is 1. The van der Waals surface area contributed by atoms with E-state index in [2.05, 4.69) is 0 Å². The van der Waals surface area contributed by atoms with Gasteiger partial charge in [-0.1, -0.05) is 13.8 Å². The zero-order valence-corrected chi connectivity index (χ0v) is 7.96. The molecule has 0 aromatic carbocycles. The molecule has 3 nitrogen and oxygen atoms in total. The summed E-state index contributed by atoms with van der Waals surface area (Å²) in [6, 6.07) is 0. The van der Waals surface area contributed by atoms with E-state index < -0.39 is 0 Å². The minimum Gasteiger partial charge on any atom is -0.511 e. The van der Waals surface area contributed by atoms with Crippen LogP contribution in [0.3, 0.4) is 0 Å². The van der Waals surface area contributed by atoms with Gasteiger partial charge in [-0.05, 0) is 5.92 Å². The Labute approximate surface area is 77.4 Å². The first kappa shape index (κ1) is 9.96. The van der Waals surface area contributed by atoms with Crippen LogP contribution in [0.5, 0.6) is 0 Å². The molecular formula is C10H14O3. The molecule has 0 bridgehead atoms. The second-order valence-electron chi connectivity index (χ2n) is 3.54. The zero-order chi connectivity index (χ0) is 10.0. The first-order valence-electron chi connectivity index (χ1n) is 4.54. The lowest BCUT2D eigenvalue weighted by atomic mass is 9.84. The van der Waals surface area contributed by atoms with Crippen molar-refractivity contribution in [3.05, 3.63) is 11.3 Å². The number of allylic oxidation sites excluding steroid dienone is 2. The van der Waals surface area contributed by atoms with Crippen LogP contribution in [0, 0.1) is 5.92 Å². The van der Waals surface area contributed by atoms with Crippen LogP contribution in [0.15, 0.2) is 11.3 Å². The lowest BCUT2D eigenvalue weighted by Crippen LogP contribution is -2.25. The van der Waals surface area contributed by atoms with Crippen molar-refractivity contribution in [2.75, 3.05) is 0 Å². The molecule has 0 spiro atoms. The average Bonchev–Trinajstić information content (AvgIpc) is 2.02. The minimum absolute atomic E-state index is 0.0422. The van der Waals surface area contributed by atoms with Crippen molar-refractivity contribution in [2.45, 2.75) is 33.1 Å². The van der Waals surface area contributed by atoms with E-state index in [0.29, 0.717) is 19.3 Å². The largest absolute Gasteiger partial charge is 0.511 e. The maximum absolute atomic E-state index is 11.4. The summed E-state index contributed by atoms with van der Waals surface area (Å²) in [6.45, 7) is 3.59. The van der Waals surface area contributed by atoms with Gasteiger partial charge >= 0.3 is 0 Å². The third-order valence-corrected chi connectivity index (χ3v) is 2.25. The van der Waals surface area contributed by atoms with E-state index in [9.17, 15) is 14.7 Å². The van der Waals surface area contributed by atoms with Crippen molar-refractivity contribution in [3.8, 4) is 0 Å². The molecule has 0 unspecified atom stereocenters. The fraction of sp³-hybridized carbons (Fsp3) is 0.600. The van der Waals surface area contributed by atoms with Gasteiger partial charge in [-0.3, -0.25) is 9.59 Å². The van der Waals surface area contributed by atoms with E-state index in [1.807, 2.05) is 6.92 Å². The number of Topliss-reactive ketones (excluding diaryl/α,β-unsaturated/α-hetero) is 2. The maximum atomic E-state index is 11.4. The molecule has 0 radical (unpaired) electrons. The van der Waals surface area contributed by atoms with Gasteiger partial charge in [0.25, 0.3) is 0 Å². The summed E-state index contributed by atoms with van der Waals surface area (Å²) in [5.74, 6) is -0.346. The minimum atomic E-state index is -0.205. The fourth-order valence-corrected chi connectivity index (χ4v) is 1.56. The van der Waals surface area contributed by atoms with Gasteiger partial charge in [0.15, 0.2) is 11.6 Å². The van der Waals surface area contributed by atoms with E-state index in [1.165, 1.54) is 0 Å². The maximum Gasteiger partial charge on any atom is 0.170 e. The molecule has 1 N–H and O–H groups in total. The van der Waals surface area contributed by atoms with Crippen molar-refractivity contribution >= 4 is 11.6 Å². The number of aliphatic hydroxyl groups is 1. The molecule has 72 valence electrons. The SMILES string of the molecule is CCC(O)=C1C(=O)CC(C)CC1=O. The van der Waals surface area contributed by atoms with Crippen LogP contribution in [-0.4, -0.2) is 16.7 Å². The van der Waals surface area contributed by atoms with Crippen LogP contribution in [0.4, 0.5) is 0 Å². The number of hydrogen-bond acceptors (Lipinski definition) is 3. The second kappa shape index (κ2) is 3.73. The molecule has 1 saturated carbocycles. The summed E-state index contributed by atoms with van der Waals surface area (Å²) in [6.07, 6.45) is 1.11. The van der Waals surface area contributed by atoms with Gasteiger partial charge in [-0.25, -0.2) is 0 Å². The van der Waals surface area contributed by atoms with Crippen LogP contribution in [-0.2, 0) is 9.59 Å². The summed E-state index contributed by atoms with van der Waals surface area (Å²) in [4.78, 5) is 22.8. The van der Waals surface area contributed by atoms with Crippen LogP contribution < -0.4 is 0 Å². The normalized spacial score (nSPS) is 23.5. The Hall–Kier alpha value is -1.12. The average molecular weight is 182 g/mol. The summed E-state index contributed by atoms with van der Waals surface area (Å²) in [7, 11) is 0. The molecule has 0 saturated heterocycles. The smallest absolute Gasteiger partial charge is 0.170 e. The molecule has 1 fully saturated rings. The Morgan fingerprint density at radius 3 is 2.23 bits per heavy atom. The van der Waals surface area contributed by atoms with Crippen LogP contribution in [0.25, 0.3) is 0 Å². The van der Waals surface area contributed by atoms with Crippen molar-refractivity contribution in [1.29, 1.82) is 0 Å². The van der Waals surface area contributed by atoms with E-state index in [-0.39, 0.29) is 28.8 Å². The van der Waals surface area contributed by atoms with Crippen molar-refractivity contribution in [2.24, 2.45) is 5.92 Å². The van der Waals surface area contributed by atoms with Gasteiger partial charge < -0.3 is 5.11 Å². The Kier molecular flexibility index (Phi) is 2.86. The first-order chi connectivity index (χ1) is 6.06. The molecule has 0 aromatic rings. The number of rotatable bonds is 1. The zero-order valence-electron chi connectivity index (χ0n) is 7.96. The molecule has 13 heavy (non-hydrogen) atoms. The molecule has 0 heterocycles. The quantitative estimate of drug-likeness (QED) is 0.382. The van der Waals surface area contributed by atoms with Gasteiger partial charge in [0.1, 0.15) is 5.76 Å². The standard InChI is InChI=1S/C10H14O3/c1-3-7(11)10-8(12)4-6(2)5-9(10)13/h6,11H,3-5H2,1-2H3. The van der Waals surface area contributed by atoms with Crippen LogP contribution >= 0.6 is 0 Å². The topological polar surface area (TPSA) is 54.4 Å². The second-order valence-corrected chi connectivity index (χ2v) is 3.54. The molecule has 3 heteroatoms. The van der Waals surface area contributed by atoms with Crippen molar-refractivity contribution < 1.29 is 14.7 Å². The Morgan fingerprint density at radius 1 is 1.38 bits per heavy atom. The van der Waals surface area contributed by atoms with Gasteiger partial charge in [0.2, 0.25) is 0 Å². The summed E-state index contributed by atoms with van der Waals surface area (Å²) in [5, 5.41) is 9.35. The molecule has 0 aliphatic heterocycles. The highest BCUT2D eigenvalue weighted by molar-refractivity contribution is 6.22. The highest BCUT2D eigenvalue weighted by Gasteiger charge is 2.30. The summed E-state index contributed by atoms with van der Waals surface area (Å²) in [5.41, 5.74) is 0.0422. The number of carbonyl (C=O) groups is 2. The van der Waals surface area contributed by atoms with Gasteiger partial charge in [0, 0.05) is 19.3 Å². The summed E-state index contributed by atoms with van der Waals surface area (Å²) < 4.78 is 0. The predicted octanol–water partition coefficient (Wildman–Crippen LogP) is 1.78. The fourth-order valence-electron chi connectivity index (χ4n) is 1.56. The van der Waals surface area contributed by atoms with Crippen LogP contribution in [0.1, 0.15) is 33.1 Å². The molecule has 0 atom stereocenters. The first-order valence-corrected chi connectivity index (χ1v) is 4.54. The van der Waals surface area contributed by atoms with E-state index in [4.69, 9.17) is 0 Å².